The summed E-state index contributed by atoms with van der Waals surface area (Å²) in [6.07, 6.45) is 1.42. The maximum absolute atomic E-state index is 6.06. The molecule has 7 heteroatoms. The zero-order chi connectivity index (χ0) is 15.0. The van der Waals surface area contributed by atoms with Crippen molar-refractivity contribution in [1.29, 1.82) is 0 Å². The fraction of sp³-hybridized carbons (Fsp3) is 0.214. The van der Waals surface area contributed by atoms with Crippen LogP contribution in [0.5, 0.6) is 11.6 Å². The third kappa shape index (κ3) is 2.03. The Hall–Kier alpha value is -2.83. The molecule has 7 nitrogen and oxygen atoms in total. The molecule has 0 atom stereocenters. The fourth-order valence-electron chi connectivity index (χ4n) is 2.25. The van der Waals surface area contributed by atoms with Gasteiger partial charge in [-0.15, -0.1) is 0 Å². The molecule has 0 radical (unpaired) electrons. The number of ether oxygens (including phenoxy) is 2. The Labute approximate surface area is 121 Å². The molecule has 21 heavy (non-hydrogen) atoms. The molecule has 3 rings (SSSR count). The molecule has 0 saturated heterocycles. The topological polar surface area (TPSA) is 88.1 Å². The Morgan fingerprint density at radius 3 is 2.67 bits per heavy atom. The van der Waals surface area contributed by atoms with E-state index >= 15 is 0 Å². The lowest BCUT2D eigenvalue weighted by Gasteiger charge is -2.12. The summed E-state index contributed by atoms with van der Waals surface area (Å²) < 4.78 is 12.3. The molecule has 0 unspecified atom stereocenters. The third-order valence-electron chi connectivity index (χ3n) is 3.21. The van der Waals surface area contributed by atoms with Crippen molar-refractivity contribution >= 4 is 17.1 Å². The van der Waals surface area contributed by atoms with E-state index in [1.807, 2.05) is 25.1 Å². The number of imidazole rings is 1. The first-order valence-electron chi connectivity index (χ1n) is 6.33. The second-order valence-corrected chi connectivity index (χ2v) is 4.54. The molecule has 1 aromatic carbocycles. The lowest BCUT2D eigenvalue weighted by Crippen LogP contribution is -2.04. The summed E-state index contributed by atoms with van der Waals surface area (Å²) in [5.41, 5.74) is 9.00. The average molecular weight is 285 g/mol. The highest BCUT2D eigenvalue weighted by molar-refractivity contribution is 5.81. The van der Waals surface area contributed by atoms with E-state index in [0.29, 0.717) is 28.7 Å². The van der Waals surface area contributed by atoms with Gasteiger partial charge in [0.2, 0.25) is 11.8 Å². The van der Waals surface area contributed by atoms with Gasteiger partial charge in [0.25, 0.3) is 0 Å². The average Bonchev–Trinajstić information content (AvgIpc) is 2.82. The van der Waals surface area contributed by atoms with E-state index < -0.39 is 0 Å². The van der Waals surface area contributed by atoms with E-state index in [1.165, 1.54) is 13.4 Å². The second-order valence-electron chi connectivity index (χ2n) is 4.54. The lowest BCUT2D eigenvalue weighted by molar-refractivity contribution is 0.401. The second kappa shape index (κ2) is 4.93. The van der Waals surface area contributed by atoms with Crippen molar-refractivity contribution in [3.8, 4) is 17.3 Å². The summed E-state index contributed by atoms with van der Waals surface area (Å²) in [6, 6.07) is 5.81. The van der Waals surface area contributed by atoms with Crippen LogP contribution in [0.15, 0.2) is 24.5 Å². The standard InChI is InChI=1S/C14H15N5O2/c1-8-4-5-10(20-2)9(6-8)19-12-11(18-14(19)15)13(21-3)17-7-16-12/h4-7H,1-3H3,(H2,15,18). The Morgan fingerprint density at radius 1 is 1.14 bits per heavy atom. The van der Waals surface area contributed by atoms with Gasteiger partial charge in [-0.25, -0.2) is 9.97 Å². The number of hydrogen-bond acceptors (Lipinski definition) is 6. The van der Waals surface area contributed by atoms with Crippen molar-refractivity contribution < 1.29 is 9.47 Å². The molecule has 0 bridgehead atoms. The number of methoxy groups -OCH3 is 2. The minimum Gasteiger partial charge on any atom is -0.495 e. The van der Waals surface area contributed by atoms with Crippen LogP contribution in [-0.4, -0.2) is 33.7 Å². The zero-order valence-electron chi connectivity index (χ0n) is 12.0. The minimum atomic E-state index is 0.299. The number of fused-ring (bicyclic) bond motifs is 1. The number of nitrogens with zero attached hydrogens (tertiary/aromatic N) is 4. The first-order valence-corrected chi connectivity index (χ1v) is 6.33. The molecule has 2 heterocycles. The number of rotatable bonds is 3. The number of benzene rings is 1. The maximum atomic E-state index is 6.06. The van der Waals surface area contributed by atoms with E-state index in [0.717, 1.165) is 11.3 Å². The molecule has 2 N–H and O–H groups in total. The predicted octanol–water partition coefficient (Wildman–Crippen LogP) is 1.72. The van der Waals surface area contributed by atoms with Crippen molar-refractivity contribution in [2.75, 3.05) is 20.0 Å². The summed E-state index contributed by atoms with van der Waals surface area (Å²) in [7, 11) is 3.14. The Morgan fingerprint density at radius 2 is 1.95 bits per heavy atom. The van der Waals surface area contributed by atoms with Gasteiger partial charge in [-0.05, 0) is 24.6 Å². The first-order chi connectivity index (χ1) is 10.2. The molecular weight excluding hydrogens is 270 g/mol. The first kappa shape index (κ1) is 13.2. The summed E-state index contributed by atoms with van der Waals surface area (Å²) in [5, 5.41) is 0. The van der Waals surface area contributed by atoms with Crippen LogP contribution in [0.1, 0.15) is 5.56 Å². The van der Waals surface area contributed by atoms with Crippen molar-refractivity contribution in [2.45, 2.75) is 6.92 Å². The molecule has 108 valence electrons. The molecule has 0 fully saturated rings. The Kier molecular flexibility index (Phi) is 3.09. The highest BCUT2D eigenvalue weighted by Crippen LogP contribution is 2.31. The monoisotopic (exact) mass is 285 g/mol. The van der Waals surface area contributed by atoms with E-state index in [2.05, 4.69) is 15.0 Å². The number of anilines is 1. The van der Waals surface area contributed by atoms with Crippen molar-refractivity contribution in [3.05, 3.63) is 30.1 Å². The smallest absolute Gasteiger partial charge is 0.245 e. The largest absolute Gasteiger partial charge is 0.495 e. The Bertz CT molecular complexity index is 812. The Balaban J connectivity index is 2.35. The molecule has 0 saturated carbocycles. The predicted molar refractivity (Wildman–Crippen MR) is 78.9 cm³/mol. The van der Waals surface area contributed by atoms with Crippen LogP contribution in [0.2, 0.25) is 0 Å². The summed E-state index contributed by atoms with van der Waals surface area (Å²) in [5.74, 6) is 1.37. The maximum Gasteiger partial charge on any atom is 0.245 e. The highest BCUT2D eigenvalue weighted by atomic mass is 16.5. The molecular formula is C14H15N5O2. The molecule has 0 amide bonds. The molecule has 0 spiro atoms. The van der Waals surface area contributed by atoms with Gasteiger partial charge in [0.05, 0.1) is 19.9 Å². The van der Waals surface area contributed by atoms with Gasteiger partial charge >= 0.3 is 0 Å². The van der Waals surface area contributed by atoms with E-state index in [-0.39, 0.29) is 0 Å². The van der Waals surface area contributed by atoms with Gasteiger partial charge in [-0.2, -0.15) is 4.98 Å². The summed E-state index contributed by atoms with van der Waals surface area (Å²) in [6.45, 7) is 1.99. The van der Waals surface area contributed by atoms with Gasteiger partial charge < -0.3 is 15.2 Å². The lowest BCUT2D eigenvalue weighted by atomic mass is 10.2. The molecule has 0 aliphatic heterocycles. The quantitative estimate of drug-likeness (QED) is 0.788. The highest BCUT2D eigenvalue weighted by Gasteiger charge is 2.18. The number of nitrogens with two attached hydrogens (primary N) is 1. The van der Waals surface area contributed by atoms with E-state index in [9.17, 15) is 0 Å². The number of nitrogen functional groups attached to an aromatic ring is 1. The number of aryl methyl sites for hydroxylation is 1. The van der Waals surface area contributed by atoms with Gasteiger partial charge in [0.15, 0.2) is 11.2 Å². The van der Waals surface area contributed by atoms with Crippen molar-refractivity contribution in [1.82, 2.24) is 19.5 Å². The number of aromatic nitrogens is 4. The molecule has 0 aliphatic rings. The summed E-state index contributed by atoms with van der Waals surface area (Å²) >= 11 is 0. The van der Waals surface area contributed by atoms with Gasteiger partial charge in [-0.3, -0.25) is 4.57 Å². The van der Waals surface area contributed by atoms with Crippen LogP contribution in [0.3, 0.4) is 0 Å². The van der Waals surface area contributed by atoms with Crippen molar-refractivity contribution in [3.63, 3.8) is 0 Å². The molecule has 3 aromatic rings. The molecule has 0 aliphatic carbocycles. The van der Waals surface area contributed by atoms with Crippen LogP contribution in [0.25, 0.3) is 16.9 Å². The van der Waals surface area contributed by atoms with E-state index in [4.69, 9.17) is 15.2 Å². The fourth-order valence-corrected chi connectivity index (χ4v) is 2.25. The van der Waals surface area contributed by atoms with Crippen molar-refractivity contribution in [2.24, 2.45) is 0 Å². The van der Waals surface area contributed by atoms with Crippen LogP contribution in [0, 0.1) is 6.92 Å². The SMILES string of the molecule is COc1ccc(C)cc1-n1c(N)nc2c(OC)ncnc21. The molecule has 2 aromatic heterocycles. The van der Waals surface area contributed by atoms with Crippen LogP contribution < -0.4 is 15.2 Å². The summed E-state index contributed by atoms with van der Waals surface area (Å²) in [4.78, 5) is 12.6. The van der Waals surface area contributed by atoms with Crippen LogP contribution in [0.4, 0.5) is 5.95 Å². The van der Waals surface area contributed by atoms with Gasteiger partial charge in [0.1, 0.15) is 12.1 Å². The van der Waals surface area contributed by atoms with Gasteiger partial charge in [0, 0.05) is 0 Å². The zero-order valence-corrected chi connectivity index (χ0v) is 12.0. The van der Waals surface area contributed by atoms with Gasteiger partial charge in [-0.1, -0.05) is 6.07 Å². The number of hydrogen-bond donors (Lipinski definition) is 1. The normalized spacial score (nSPS) is 10.8. The minimum absolute atomic E-state index is 0.299. The van der Waals surface area contributed by atoms with Crippen LogP contribution in [-0.2, 0) is 0 Å². The van der Waals surface area contributed by atoms with Crippen LogP contribution >= 0.6 is 0 Å². The third-order valence-corrected chi connectivity index (χ3v) is 3.21. The van der Waals surface area contributed by atoms with E-state index in [1.54, 1.807) is 11.7 Å².